The maximum absolute atomic E-state index is 12.4. The molecule has 11 heteroatoms. The number of carbonyl (C=O) groups excluding carboxylic acids is 2. The number of nitrogens with two attached hydrogens (primary N) is 5. The van der Waals surface area contributed by atoms with Gasteiger partial charge < -0.3 is 38.7 Å². The zero-order valence-electron chi connectivity index (χ0n) is 30.5. The van der Waals surface area contributed by atoms with Crippen LogP contribution in [0.4, 0.5) is 23.3 Å². The standard InChI is InChI=1S/C21H22N4O.C14H15N3O2.C8H11N/c22-19-13-17(14-20(23)25-19)11-16-7-4-8-18(12-16)21(26)24-10-9-15-5-2-1-3-6-15;1-19-14(18)11-4-2-3-9(6-11)5-10-7-12(15)17-13(16)8-10;9-7-6-8-4-2-1-3-5-8/h1-8,12-14H,9-11H2,(H,24,26)(H4,22,23,25);2-4,6-8H,5H2,1H3,(H4,15,16,17);1-5H,6-7,9H2. The highest BCUT2D eigenvalue weighted by Gasteiger charge is 2.09. The summed E-state index contributed by atoms with van der Waals surface area (Å²) in [6.45, 7) is 1.34. The Bertz CT molecular complexity index is 2050. The fourth-order valence-corrected chi connectivity index (χ4v) is 5.57. The molecular weight excluding hydrogens is 677 g/mol. The maximum atomic E-state index is 12.4. The van der Waals surface area contributed by atoms with Gasteiger partial charge in [-0.25, -0.2) is 14.8 Å². The van der Waals surface area contributed by atoms with Crippen molar-refractivity contribution in [3.63, 3.8) is 0 Å². The van der Waals surface area contributed by atoms with E-state index in [1.165, 1.54) is 18.2 Å². The molecule has 278 valence electrons. The molecule has 4 aromatic carbocycles. The summed E-state index contributed by atoms with van der Waals surface area (Å²) in [6, 6.07) is 42.3. The summed E-state index contributed by atoms with van der Waals surface area (Å²) in [5.41, 5.74) is 35.7. The molecule has 6 aromatic rings. The van der Waals surface area contributed by atoms with Crippen LogP contribution >= 0.6 is 0 Å². The largest absolute Gasteiger partial charge is 0.465 e. The molecule has 2 aromatic heterocycles. The topological polar surface area (TPSA) is 211 Å². The SMILES string of the molecule is COC(=O)c1cccc(Cc2cc(N)nc(N)c2)c1.NCCc1ccccc1.Nc1cc(Cc2cccc(C(=O)NCCc3ccccc3)c2)cc(N)n1. The summed E-state index contributed by atoms with van der Waals surface area (Å²) in [5, 5.41) is 2.97. The van der Waals surface area contributed by atoms with E-state index in [-0.39, 0.29) is 11.9 Å². The van der Waals surface area contributed by atoms with E-state index >= 15 is 0 Å². The van der Waals surface area contributed by atoms with Gasteiger partial charge in [0.2, 0.25) is 0 Å². The normalized spacial score (nSPS) is 10.2. The van der Waals surface area contributed by atoms with Crippen molar-refractivity contribution in [1.82, 2.24) is 15.3 Å². The second-order valence-electron chi connectivity index (χ2n) is 12.4. The molecule has 0 saturated heterocycles. The van der Waals surface area contributed by atoms with Gasteiger partial charge in [0.05, 0.1) is 12.7 Å². The number of carbonyl (C=O) groups is 2. The van der Waals surface area contributed by atoms with Gasteiger partial charge in [-0.3, -0.25) is 4.79 Å². The first-order valence-electron chi connectivity index (χ1n) is 17.5. The van der Waals surface area contributed by atoms with Crippen LogP contribution in [-0.4, -0.2) is 42.0 Å². The second-order valence-corrected chi connectivity index (χ2v) is 12.4. The van der Waals surface area contributed by atoms with Gasteiger partial charge in [-0.2, -0.15) is 0 Å². The highest BCUT2D eigenvalue weighted by atomic mass is 16.5. The Kier molecular flexibility index (Phi) is 15.5. The van der Waals surface area contributed by atoms with E-state index in [0.717, 1.165) is 41.6 Å². The average molecular weight is 725 g/mol. The number of hydrogen-bond acceptors (Lipinski definition) is 10. The lowest BCUT2D eigenvalue weighted by atomic mass is 10.0. The van der Waals surface area contributed by atoms with Crippen LogP contribution in [0.15, 0.2) is 133 Å². The van der Waals surface area contributed by atoms with E-state index < -0.39 is 0 Å². The smallest absolute Gasteiger partial charge is 0.337 e. The molecule has 2 heterocycles. The molecule has 0 spiro atoms. The minimum absolute atomic E-state index is 0.0727. The summed E-state index contributed by atoms with van der Waals surface area (Å²) < 4.78 is 4.69. The van der Waals surface area contributed by atoms with Gasteiger partial charge in [0, 0.05) is 12.1 Å². The number of hydrogen-bond donors (Lipinski definition) is 6. The van der Waals surface area contributed by atoms with Gasteiger partial charge in [-0.15, -0.1) is 0 Å². The molecule has 0 unspecified atom stereocenters. The Hall–Kier alpha value is -6.72. The molecule has 1 amide bonds. The van der Waals surface area contributed by atoms with Crippen molar-refractivity contribution in [2.45, 2.75) is 25.7 Å². The number of amides is 1. The van der Waals surface area contributed by atoms with Crippen LogP contribution in [-0.2, 0) is 30.4 Å². The van der Waals surface area contributed by atoms with Gasteiger partial charge in [0.15, 0.2) is 0 Å². The van der Waals surface area contributed by atoms with E-state index in [0.29, 0.717) is 53.8 Å². The Morgan fingerprint density at radius 3 is 1.43 bits per heavy atom. The molecule has 0 aliphatic carbocycles. The third-order valence-corrected chi connectivity index (χ3v) is 8.02. The Morgan fingerprint density at radius 1 is 0.537 bits per heavy atom. The molecule has 11 N–H and O–H groups in total. The van der Waals surface area contributed by atoms with Gasteiger partial charge in [-0.1, -0.05) is 84.9 Å². The summed E-state index contributed by atoms with van der Waals surface area (Å²) in [4.78, 5) is 31.7. The highest BCUT2D eigenvalue weighted by molar-refractivity contribution is 5.94. The van der Waals surface area contributed by atoms with Crippen molar-refractivity contribution in [1.29, 1.82) is 0 Å². The Morgan fingerprint density at radius 2 is 0.963 bits per heavy atom. The molecule has 0 atom stereocenters. The first kappa shape index (κ1) is 40.1. The van der Waals surface area contributed by atoms with Crippen molar-refractivity contribution in [3.05, 3.63) is 178 Å². The number of anilines is 4. The molecule has 0 aliphatic heterocycles. The number of pyridine rings is 2. The van der Waals surface area contributed by atoms with E-state index in [1.807, 2.05) is 72.8 Å². The van der Waals surface area contributed by atoms with Crippen LogP contribution in [0.3, 0.4) is 0 Å². The predicted octanol–water partition coefficient (Wildman–Crippen LogP) is 5.62. The van der Waals surface area contributed by atoms with Crippen LogP contribution in [0.5, 0.6) is 0 Å². The van der Waals surface area contributed by atoms with Crippen LogP contribution in [0, 0.1) is 0 Å². The fourth-order valence-electron chi connectivity index (χ4n) is 5.57. The lowest BCUT2D eigenvalue weighted by molar-refractivity contribution is 0.0600. The molecule has 0 saturated carbocycles. The van der Waals surface area contributed by atoms with Crippen LogP contribution in [0.25, 0.3) is 0 Å². The minimum atomic E-state index is -0.351. The monoisotopic (exact) mass is 724 g/mol. The van der Waals surface area contributed by atoms with Crippen LogP contribution in [0.1, 0.15) is 54.1 Å². The van der Waals surface area contributed by atoms with Gasteiger partial charge in [-0.05, 0) is 114 Å². The number of aromatic nitrogens is 2. The molecule has 54 heavy (non-hydrogen) atoms. The first-order chi connectivity index (χ1) is 26.1. The van der Waals surface area contributed by atoms with Crippen molar-refractivity contribution >= 4 is 35.1 Å². The van der Waals surface area contributed by atoms with Gasteiger partial charge in [0.1, 0.15) is 23.3 Å². The Labute approximate surface area is 316 Å². The van der Waals surface area contributed by atoms with E-state index in [2.05, 4.69) is 39.6 Å². The fraction of sp³-hybridized carbons (Fsp3) is 0.163. The molecular formula is C43H48N8O3. The number of rotatable bonds is 11. The lowest BCUT2D eigenvalue weighted by Crippen LogP contribution is -2.25. The molecule has 11 nitrogen and oxygen atoms in total. The number of esters is 1. The second kappa shape index (κ2) is 21.0. The summed E-state index contributed by atoms with van der Waals surface area (Å²) in [5.74, 6) is 1.15. The minimum Gasteiger partial charge on any atom is -0.465 e. The molecule has 0 radical (unpaired) electrons. The summed E-state index contributed by atoms with van der Waals surface area (Å²) >= 11 is 0. The third-order valence-electron chi connectivity index (χ3n) is 8.02. The number of nitrogens with one attached hydrogen (secondary N) is 1. The molecule has 0 fully saturated rings. The molecule has 6 rings (SSSR count). The zero-order valence-corrected chi connectivity index (χ0v) is 30.5. The third kappa shape index (κ3) is 13.8. The summed E-state index contributed by atoms with van der Waals surface area (Å²) in [7, 11) is 1.36. The van der Waals surface area contributed by atoms with E-state index in [9.17, 15) is 9.59 Å². The quantitative estimate of drug-likeness (QED) is 0.0908. The number of nitrogens with zero attached hydrogens (tertiary/aromatic N) is 2. The van der Waals surface area contributed by atoms with Crippen LogP contribution < -0.4 is 34.0 Å². The van der Waals surface area contributed by atoms with Crippen molar-refractivity contribution in [3.8, 4) is 0 Å². The van der Waals surface area contributed by atoms with Gasteiger partial charge >= 0.3 is 5.97 Å². The summed E-state index contributed by atoms with van der Waals surface area (Å²) in [6.07, 6.45) is 3.06. The van der Waals surface area contributed by atoms with Crippen molar-refractivity contribution in [2.24, 2.45) is 5.73 Å². The van der Waals surface area contributed by atoms with Gasteiger partial charge in [0.25, 0.3) is 5.91 Å². The number of methoxy groups -OCH3 is 1. The number of ether oxygens (including phenoxy) is 1. The van der Waals surface area contributed by atoms with Crippen molar-refractivity contribution < 1.29 is 14.3 Å². The molecule has 0 aliphatic rings. The zero-order chi connectivity index (χ0) is 38.7. The van der Waals surface area contributed by atoms with E-state index in [4.69, 9.17) is 33.4 Å². The number of benzene rings is 4. The average Bonchev–Trinajstić information content (AvgIpc) is 3.15. The van der Waals surface area contributed by atoms with Crippen molar-refractivity contribution in [2.75, 3.05) is 43.1 Å². The number of nitrogen functional groups attached to an aromatic ring is 4. The lowest BCUT2D eigenvalue weighted by Gasteiger charge is -2.08. The first-order valence-corrected chi connectivity index (χ1v) is 17.5. The predicted molar refractivity (Wildman–Crippen MR) is 218 cm³/mol. The highest BCUT2D eigenvalue weighted by Crippen LogP contribution is 2.17. The Balaban J connectivity index is 0.000000202. The molecule has 0 bridgehead atoms. The van der Waals surface area contributed by atoms with E-state index in [1.54, 1.807) is 36.4 Å². The van der Waals surface area contributed by atoms with Crippen LogP contribution in [0.2, 0.25) is 0 Å². The maximum Gasteiger partial charge on any atom is 0.337 e.